The van der Waals surface area contributed by atoms with Crippen LogP contribution in [-0.2, 0) is 0 Å². The normalized spacial score (nSPS) is 11.3. The average Bonchev–Trinajstić information content (AvgIpc) is 2.39. The van der Waals surface area contributed by atoms with Gasteiger partial charge in [-0.25, -0.2) is 0 Å². The van der Waals surface area contributed by atoms with Crippen LogP contribution in [0.25, 0.3) is 0 Å². The van der Waals surface area contributed by atoms with Gasteiger partial charge in [0.2, 0.25) is 0 Å². The molecule has 0 heteroatoms. The van der Waals surface area contributed by atoms with Gasteiger partial charge in [-0.3, -0.25) is 0 Å². The van der Waals surface area contributed by atoms with Gasteiger partial charge in [0.25, 0.3) is 0 Å². The summed E-state index contributed by atoms with van der Waals surface area (Å²) in [5.74, 6) is 1.88. The van der Waals surface area contributed by atoms with Gasteiger partial charge in [0.1, 0.15) is 0 Å². The Bertz CT molecular complexity index is 127. The van der Waals surface area contributed by atoms with Crippen molar-refractivity contribution in [2.24, 2.45) is 0 Å². The van der Waals surface area contributed by atoms with Crippen LogP contribution >= 0.6 is 0 Å². The fourth-order valence-electron chi connectivity index (χ4n) is 2.60. The van der Waals surface area contributed by atoms with Crippen molar-refractivity contribution in [3.05, 3.63) is 5.92 Å². The fraction of sp³-hybridized carbons (Fsp3) is 0.944. The van der Waals surface area contributed by atoms with E-state index in [9.17, 15) is 0 Å². The first-order valence-corrected chi connectivity index (χ1v) is 8.68. The van der Waals surface area contributed by atoms with E-state index in [0.29, 0.717) is 0 Å². The predicted molar refractivity (Wildman–Crippen MR) is 84.9 cm³/mol. The number of hydrogen-bond donors (Lipinski definition) is 0. The summed E-state index contributed by atoms with van der Waals surface area (Å²) < 4.78 is 0. The molecule has 0 aromatic rings. The van der Waals surface area contributed by atoms with Crippen LogP contribution in [0, 0.1) is 5.92 Å². The van der Waals surface area contributed by atoms with E-state index < -0.39 is 0 Å². The molecule has 0 N–H and O–H groups in total. The summed E-state index contributed by atoms with van der Waals surface area (Å²) in [6, 6.07) is 0. The molecule has 0 bridgehead atoms. The summed E-state index contributed by atoms with van der Waals surface area (Å²) in [5.41, 5.74) is 0. The van der Waals surface area contributed by atoms with Crippen LogP contribution in [0.3, 0.4) is 0 Å². The van der Waals surface area contributed by atoms with Gasteiger partial charge in [-0.2, -0.15) is 0 Å². The molecule has 0 heterocycles. The second kappa shape index (κ2) is 15.1. The van der Waals surface area contributed by atoms with Gasteiger partial charge >= 0.3 is 0 Å². The van der Waals surface area contributed by atoms with Crippen molar-refractivity contribution in [1.82, 2.24) is 0 Å². The summed E-state index contributed by atoms with van der Waals surface area (Å²) in [4.78, 5) is 0. The molecule has 0 aliphatic carbocycles. The summed E-state index contributed by atoms with van der Waals surface area (Å²) in [5, 5.41) is 0. The molecule has 0 nitrogen and oxygen atoms in total. The van der Waals surface area contributed by atoms with Crippen LogP contribution < -0.4 is 0 Å². The molecule has 0 saturated heterocycles. The molecule has 0 spiro atoms. The van der Waals surface area contributed by atoms with Crippen LogP contribution in [0.4, 0.5) is 0 Å². The first-order chi connectivity index (χ1) is 8.85. The molecule has 0 atom stereocenters. The standard InChI is InChI=1S/C18H37/c1-4-7-10-13-16-18(15-12-9-6-3)17-14-11-8-5-2/h4-17H2,1-3H3. The van der Waals surface area contributed by atoms with Gasteiger partial charge in [0, 0.05) is 0 Å². The van der Waals surface area contributed by atoms with Crippen LogP contribution in [0.5, 0.6) is 0 Å². The molecule has 0 rings (SSSR count). The Kier molecular flexibility index (Phi) is 15.1. The zero-order valence-corrected chi connectivity index (χ0v) is 13.4. The minimum Gasteiger partial charge on any atom is -0.0654 e. The quantitative estimate of drug-likeness (QED) is 0.290. The molecule has 0 fully saturated rings. The molecule has 0 aliphatic heterocycles. The zero-order chi connectivity index (χ0) is 13.5. The van der Waals surface area contributed by atoms with E-state index in [-0.39, 0.29) is 0 Å². The van der Waals surface area contributed by atoms with E-state index in [1.54, 1.807) is 0 Å². The Balaban J connectivity index is 3.62. The van der Waals surface area contributed by atoms with Crippen molar-refractivity contribution >= 4 is 0 Å². The third-order valence-electron chi connectivity index (χ3n) is 3.90. The fourth-order valence-corrected chi connectivity index (χ4v) is 2.60. The van der Waals surface area contributed by atoms with Gasteiger partial charge in [-0.05, 0) is 25.2 Å². The third-order valence-corrected chi connectivity index (χ3v) is 3.90. The minimum absolute atomic E-state index is 1.36. The molecule has 0 unspecified atom stereocenters. The highest BCUT2D eigenvalue weighted by Gasteiger charge is 2.08. The van der Waals surface area contributed by atoms with Crippen molar-refractivity contribution in [2.45, 2.75) is 111 Å². The Morgan fingerprint density at radius 2 is 0.778 bits per heavy atom. The van der Waals surface area contributed by atoms with Gasteiger partial charge in [-0.15, -0.1) is 0 Å². The van der Waals surface area contributed by atoms with E-state index in [1.165, 1.54) is 89.9 Å². The van der Waals surface area contributed by atoms with Gasteiger partial charge in [0.15, 0.2) is 0 Å². The van der Waals surface area contributed by atoms with E-state index in [2.05, 4.69) is 20.8 Å². The van der Waals surface area contributed by atoms with Gasteiger partial charge in [-0.1, -0.05) is 91.4 Å². The van der Waals surface area contributed by atoms with Gasteiger partial charge < -0.3 is 0 Å². The molecule has 0 aromatic heterocycles. The third kappa shape index (κ3) is 12.5. The Hall–Kier alpha value is 0. The molecule has 18 heavy (non-hydrogen) atoms. The first-order valence-electron chi connectivity index (χ1n) is 8.68. The molecular formula is C18H37. The van der Waals surface area contributed by atoms with E-state index in [1.807, 2.05) is 5.92 Å². The van der Waals surface area contributed by atoms with Crippen molar-refractivity contribution in [3.8, 4) is 0 Å². The van der Waals surface area contributed by atoms with Crippen molar-refractivity contribution in [3.63, 3.8) is 0 Å². The maximum atomic E-state index is 2.31. The second-order valence-corrected chi connectivity index (χ2v) is 5.83. The largest absolute Gasteiger partial charge is 0.0654 e. The smallest absolute Gasteiger partial charge is 0.0241 e. The lowest BCUT2D eigenvalue weighted by Crippen LogP contribution is -1.99. The molecular weight excluding hydrogens is 216 g/mol. The maximum absolute atomic E-state index is 2.31. The van der Waals surface area contributed by atoms with E-state index >= 15 is 0 Å². The summed E-state index contributed by atoms with van der Waals surface area (Å²) in [7, 11) is 0. The maximum Gasteiger partial charge on any atom is -0.0241 e. The predicted octanol–water partition coefficient (Wildman–Crippen LogP) is 7.08. The number of rotatable bonds is 14. The van der Waals surface area contributed by atoms with E-state index in [4.69, 9.17) is 0 Å². The number of unbranched alkanes of at least 4 members (excludes halogenated alkanes) is 8. The molecule has 0 amide bonds. The Morgan fingerprint density at radius 3 is 1.17 bits per heavy atom. The second-order valence-electron chi connectivity index (χ2n) is 5.83. The molecule has 1 radical (unpaired) electrons. The highest BCUT2D eigenvalue weighted by molar-refractivity contribution is 4.89. The van der Waals surface area contributed by atoms with Crippen LogP contribution in [0.1, 0.15) is 111 Å². The van der Waals surface area contributed by atoms with Crippen molar-refractivity contribution in [1.29, 1.82) is 0 Å². The van der Waals surface area contributed by atoms with Crippen LogP contribution in [0.15, 0.2) is 0 Å². The van der Waals surface area contributed by atoms with E-state index in [0.717, 1.165) is 0 Å². The monoisotopic (exact) mass is 253 g/mol. The average molecular weight is 253 g/mol. The Morgan fingerprint density at radius 1 is 0.444 bits per heavy atom. The molecule has 0 aliphatic rings. The van der Waals surface area contributed by atoms with Crippen LogP contribution in [0.2, 0.25) is 0 Å². The van der Waals surface area contributed by atoms with Crippen molar-refractivity contribution in [2.75, 3.05) is 0 Å². The Labute approximate surface area is 117 Å². The first kappa shape index (κ1) is 18.0. The highest BCUT2D eigenvalue weighted by atomic mass is 14.1. The lowest BCUT2D eigenvalue weighted by Gasteiger charge is -2.16. The summed E-state index contributed by atoms with van der Waals surface area (Å²) in [6.45, 7) is 6.91. The molecule has 0 saturated carbocycles. The summed E-state index contributed by atoms with van der Waals surface area (Å²) in [6.07, 6.45) is 19.9. The topological polar surface area (TPSA) is 0 Å². The van der Waals surface area contributed by atoms with Crippen molar-refractivity contribution < 1.29 is 0 Å². The molecule has 109 valence electrons. The highest BCUT2D eigenvalue weighted by Crippen LogP contribution is 2.25. The van der Waals surface area contributed by atoms with Crippen LogP contribution in [-0.4, -0.2) is 0 Å². The summed E-state index contributed by atoms with van der Waals surface area (Å²) >= 11 is 0. The van der Waals surface area contributed by atoms with Gasteiger partial charge in [0.05, 0.1) is 0 Å². The number of hydrogen-bond acceptors (Lipinski definition) is 0. The lowest BCUT2D eigenvalue weighted by atomic mass is 9.90. The SMILES string of the molecule is CCCCCC[C](CCCCC)CCCCCC. The minimum atomic E-state index is 1.36. The zero-order valence-electron chi connectivity index (χ0n) is 13.4. The molecule has 0 aromatic carbocycles. The lowest BCUT2D eigenvalue weighted by molar-refractivity contribution is 0.532.